The summed E-state index contributed by atoms with van der Waals surface area (Å²) in [5, 5.41) is 9.15. The van der Waals surface area contributed by atoms with Gasteiger partial charge in [0.2, 0.25) is 0 Å². The summed E-state index contributed by atoms with van der Waals surface area (Å²) in [5.74, 6) is -3.41. The third-order valence-corrected chi connectivity index (χ3v) is 6.47. The van der Waals surface area contributed by atoms with E-state index in [0.29, 0.717) is 0 Å². The maximum Gasteiger partial charge on any atom is 0.573 e. The molecule has 3 rings (SSSR count). The van der Waals surface area contributed by atoms with Crippen molar-refractivity contribution in [2.75, 3.05) is 4.31 Å². The van der Waals surface area contributed by atoms with Gasteiger partial charge in [-0.3, -0.25) is 9.10 Å². The molecular formula is C18H15F4NO5S. The first-order chi connectivity index (χ1) is 13.4. The average molecular weight is 433 g/mol. The zero-order chi connectivity index (χ0) is 21.6. The molecule has 1 aliphatic heterocycles. The van der Waals surface area contributed by atoms with Crippen LogP contribution in [0.25, 0.3) is 0 Å². The number of benzene rings is 2. The molecule has 29 heavy (non-hydrogen) atoms. The van der Waals surface area contributed by atoms with Crippen molar-refractivity contribution in [2.45, 2.75) is 36.6 Å². The fourth-order valence-electron chi connectivity index (χ4n) is 3.43. The largest absolute Gasteiger partial charge is 0.573 e. The van der Waals surface area contributed by atoms with Crippen LogP contribution in [-0.2, 0) is 14.8 Å². The minimum atomic E-state index is -5.00. The summed E-state index contributed by atoms with van der Waals surface area (Å²) < 4.78 is 82.2. The number of carboxylic acid groups (broad SMARTS) is 1. The molecule has 1 aliphatic rings. The van der Waals surface area contributed by atoms with Crippen LogP contribution in [0.1, 0.15) is 24.8 Å². The molecule has 0 radical (unpaired) electrons. The predicted molar refractivity (Wildman–Crippen MR) is 93.6 cm³/mol. The highest BCUT2D eigenvalue weighted by Crippen LogP contribution is 2.46. The maximum absolute atomic E-state index is 13.7. The summed E-state index contributed by atoms with van der Waals surface area (Å²) in [4.78, 5) is 10.7. The number of aliphatic carboxylic acids is 1. The molecule has 11 heteroatoms. The van der Waals surface area contributed by atoms with Crippen molar-refractivity contribution in [3.63, 3.8) is 0 Å². The molecular weight excluding hydrogens is 418 g/mol. The number of carbonyl (C=O) groups is 1. The number of ether oxygens (including phenoxy) is 1. The van der Waals surface area contributed by atoms with E-state index in [-0.39, 0.29) is 11.3 Å². The van der Waals surface area contributed by atoms with Crippen LogP contribution >= 0.6 is 0 Å². The van der Waals surface area contributed by atoms with Gasteiger partial charge >= 0.3 is 12.3 Å². The Bertz CT molecular complexity index is 1050. The van der Waals surface area contributed by atoms with E-state index in [1.54, 1.807) is 0 Å². The highest BCUT2D eigenvalue weighted by Gasteiger charge is 2.43. The van der Waals surface area contributed by atoms with Gasteiger partial charge in [-0.15, -0.1) is 13.2 Å². The maximum atomic E-state index is 13.7. The Morgan fingerprint density at radius 1 is 1.21 bits per heavy atom. The smallest absolute Gasteiger partial charge is 0.481 e. The van der Waals surface area contributed by atoms with E-state index in [0.717, 1.165) is 40.7 Å². The van der Waals surface area contributed by atoms with Gasteiger partial charge in [-0.25, -0.2) is 12.8 Å². The normalized spacial score (nSPS) is 19.1. The summed E-state index contributed by atoms with van der Waals surface area (Å²) in [6.07, 6.45) is -5.44. The van der Waals surface area contributed by atoms with Crippen LogP contribution in [0, 0.1) is 5.82 Å². The van der Waals surface area contributed by atoms with Crippen molar-refractivity contribution >= 4 is 21.7 Å². The van der Waals surface area contributed by atoms with E-state index in [4.69, 9.17) is 5.11 Å². The number of hydrogen-bond donors (Lipinski definition) is 1. The molecule has 156 valence electrons. The Balaban J connectivity index is 2.08. The van der Waals surface area contributed by atoms with Crippen molar-refractivity contribution < 1.29 is 40.6 Å². The second kappa shape index (κ2) is 7.21. The molecule has 2 unspecified atom stereocenters. The molecule has 0 amide bonds. The quantitative estimate of drug-likeness (QED) is 0.724. The van der Waals surface area contributed by atoms with Gasteiger partial charge in [0.05, 0.1) is 23.0 Å². The lowest BCUT2D eigenvalue weighted by molar-refractivity contribution is -0.274. The first-order valence-electron chi connectivity index (χ1n) is 8.31. The molecule has 6 nitrogen and oxygen atoms in total. The monoisotopic (exact) mass is 433 g/mol. The zero-order valence-electron chi connectivity index (χ0n) is 14.9. The van der Waals surface area contributed by atoms with Gasteiger partial charge in [0.1, 0.15) is 11.6 Å². The number of nitrogens with zero attached hydrogens (tertiary/aromatic N) is 1. The first-order valence-corrected chi connectivity index (χ1v) is 9.75. The lowest BCUT2D eigenvalue weighted by Gasteiger charge is -2.26. The molecule has 1 heterocycles. The van der Waals surface area contributed by atoms with Gasteiger partial charge in [0.15, 0.2) is 0 Å². The lowest BCUT2D eigenvalue weighted by atomic mass is 9.93. The van der Waals surface area contributed by atoms with Crippen molar-refractivity contribution in [3.8, 4) is 5.75 Å². The molecule has 0 saturated heterocycles. The lowest BCUT2D eigenvalue weighted by Crippen LogP contribution is -2.37. The van der Waals surface area contributed by atoms with Crippen LogP contribution in [0.2, 0.25) is 0 Å². The van der Waals surface area contributed by atoms with Crippen LogP contribution in [0.15, 0.2) is 47.4 Å². The molecule has 2 aromatic carbocycles. The molecule has 0 saturated carbocycles. The van der Waals surface area contributed by atoms with Crippen molar-refractivity contribution in [2.24, 2.45) is 0 Å². The minimum Gasteiger partial charge on any atom is -0.481 e. The first kappa shape index (κ1) is 20.9. The van der Waals surface area contributed by atoms with Crippen molar-refractivity contribution in [1.82, 2.24) is 0 Å². The minimum absolute atomic E-state index is 0.0762. The Morgan fingerprint density at radius 3 is 2.52 bits per heavy atom. The topological polar surface area (TPSA) is 83.9 Å². The SMILES string of the molecule is CC1C(CC(=O)O)c2cc(F)ccc2N1S(=O)(=O)c1cccc(OC(F)(F)F)c1. The Morgan fingerprint density at radius 2 is 1.90 bits per heavy atom. The fraction of sp³-hybridized carbons (Fsp3) is 0.278. The standard InChI is InChI=1S/C18H15F4NO5S/c1-10-14(9-17(24)25)15-7-11(19)5-6-16(15)23(10)29(26,27)13-4-2-3-12(8-13)28-18(20,21)22/h2-8,10,14H,9H2,1H3,(H,24,25). The summed E-state index contributed by atoms with van der Waals surface area (Å²) in [7, 11) is -4.39. The van der Waals surface area contributed by atoms with E-state index in [2.05, 4.69) is 4.74 Å². The molecule has 0 fully saturated rings. The van der Waals surface area contributed by atoms with Gasteiger partial charge in [-0.05, 0) is 42.8 Å². The molecule has 0 aliphatic carbocycles. The number of anilines is 1. The van der Waals surface area contributed by atoms with Crippen LogP contribution < -0.4 is 9.04 Å². The van der Waals surface area contributed by atoms with E-state index in [1.165, 1.54) is 13.0 Å². The van der Waals surface area contributed by atoms with E-state index >= 15 is 0 Å². The number of carboxylic acids is 1. The van der Waals surface area contributed by atoms with Gasteiger partial charge < -0.3 is 9.84 Å². The highest BCUT2D eigenvalue weighted by molar-refractivity contribution is 7.92. The molecule has 2 atom stereocenters. The van der Waals surface area contributed by atoms with Gasteiger partial charge in [0.25, 0.3) is 10.0 Å². The van der Waals surface area contributed by atoms with E-state index in [1.807, 2.05) is 0 Å². The molecule has 0 aromatic heterocycles. The van der Waals surface area contributed by atoms with Crippen LogP contribution in [0.3, 0.4) is 0 Å². The fourth-order valence-corrected chi connectivity index (χ4v) is 5.18. The Labute approximate surface area is 163 Å². The van der Waals surface area contributed by atoms with Crippen LogP contribution in [-0.4, -0.2) is 31.9 Å². The van der Waals surface area contributed by atoms with Crippen LogP contribution in [0.5, 0.6) is 5.75 Å². The van der Waals surface area contributed by atoms with E-state index < -0.39 is 57.2 Å². The molecule has 0 bridgehead atoms. The van der Waals surface area contributed by atoms with Crippen LogP contribution in [0.4, 0.5) is 23.2 Å². The predicted octanol–water partition coefficient (Wildman–Crippen LogP) is 3.88. The third kappa shape index (κ3) is 4.14. The number of alkyl halides is 3. The van der Waals surface area contributed by atoms with Gasteiger partial charge in [0, 0.05) is 12.0 Å². The Kier molecular flexibility index (Phi) is 5.20. The van der Waals surface area contributed by atoms with Crippen molar-refractivity contribution in [3.05, 3.63) is 53.8 Å². The second-order valence-electron chi connectivity index (χ2n) is 6.47. The number of hydrogen-bond acceptors (Lipinski definition) is 4. The summed E-state index contributed by atoms with van der Waals surface area (Å²) >= 11 is 0. The van der Waals surface area contributed by atoms with E-state index in [9.17, 15) is 30.8 Å². The average Bonchev–Trinajstić information content (AvgIpc) is 2.85. The van der Waals surface area contributed by atoms with Gasteiger partial charge in [-0.2, -0.15) is 0 Å². The van der Waals surface area contributed by atoms with Crippen molar-refractivity contribution in [1.29, 1.82) is 0 Å². The zero-order valence-corrected chi connectivity index (χ0v) is 15.7. The number of rotatable bonds is 5. The summed E-state index contributed by atoms with van der Waals surface area (Å²) in [6.45, 7) is 1.46. The van der Waals surface area contributed by atoms with Gasteiger partial charge in [-0.1, -0.05) is 6.07 Å². The summed E-state index contributed by atoms with van der Waals surface area (Å²) in [6, 6.07) is 6.27. The highest BCUT2D eigenvalue weighted by atomic mass is 32.2. The third-order valence-electron chi connectivity index (χ3n) is 4.57. The molecule has 1 N–H and O–H groups in total. The number of fused-ring (bicyclic) bond motifs is 1. The second-order valence-corrected chi connectivity index (χ2v) is 8.29. The summed E-state index contributed by atoms with van der Waals surface area (Å²) in [5.41, 5.74) is 0.276. The molecule has 2 aromatic rings. The Hall–Kier alpha value is -2.82. The number of halogens is 4. The number of sulfonamides is 1. The molecule has 0 spiro atoms.